The minimum Gasteiger partial charge on any atom is -0.384 e. The molecule has 0 bridgehead atoms. The van der Waals surface area contributed by atoms with Crippen molar-refractivity contribution < 1.29 is 0 Å². The Morgan fingerprint density at radius 3 is 3.00 bits per heavy atom. The lowest BCUT2D eigenvalue weighted by Gasteiger charge is -2.09. The number of hydrogen-bond donors (Lipinski definition) is 1. The Bertz CT molecular complexity index is 762. The molecule has 0 saturated carbocycles. The van der Waals surface area contributed by atoms with E-state index in [4.69, 9.17) is 0 Å². The van der Waals surface area contributed by atoms with Gasteiger partial charge in [0.25, 0.3) is 0 Å². The van der Waals surface area contributed by atoms with Gasteiger partial charge in [0.05, 0.1) is 5.52 Å². The number of rotatable bonds is 1. The summed E-state index contributed by atoms with van der Waals surface area (Å²) in [5.74, 6) is 0. The van der Waals surface area contributed by atoms with Crippen molar-refractivity contribution in [2.75, 3.05) is 11.9 Å². The van der Waals surface area contributed by atoms with Crippen LogP contribution in [0, 0.1) is 0 Å². The zero-order valence-electron chi connectivity index (χ0n) is 10.6. The molecule has 0 spiro atoms. The predicted molar refractivity (Wildman–Crippen MR) is 79.4 cm³/mol. The third kappa shape index (κ3) is 1.68. The zero-order valence-corrected chi connectivity index (χ0v) is 10.6. The first-order chi connectivity index (χ1) is 9.42. The van der Waals surface area contributed by atoms with E-state index < -0.39 is 0 Å². The van der Waals surface area contributed by atoms with Gasteiger partial charge in [0.15, 0.2) is 0 Å². The van der Waals surface area contributed by atoms with E-state index in [9.17, 15) is 0 Å². The number of nitrogens with zero attached hydrogens (tertiary/aromatic N) is 1. The van der Waals surface area contributed by atoms with Crippen molar-refractivity contribution in [3.8, 4) is 11.1 Å². The summed E-state index contributed by atoms with van der Waals surface area (Å²) in [7, 11) is 0. The van der Waals surface area contributed by atoms with E-state index in [0.717, 1.165) is 18.5 Å². The quantitative estimate of drug-likeness (QED) is 0.705. The van der Waals surface area contributed by atoms with Crippen molar-refractivity contribution >= 4 is 16.6 Å². The third-order valence-electron chi connectivity index (χ3n) is 3.78. The van der Waals surface area contributed by atoms with Gasteiger partial charge >= 0.3 is 0 Å². The normalized spacial score (nSPS) is 13.3. The van der Waals surface area contributed by atoms with E-state index in [1.807, 2.05) is 12.3 Å². The molecular weight excluding hydrogens is 232 g/mol. The Kier molecular flexibility index (Phi) is 2.27. The molecular formula is C17H14N2. The summed E-state index contributed by atoms with van der Waals surface area (Å²) in [6, 6.07) is 17.1. The van der Waals surface area contributed by atoms with Gasteiger partial charge in [-0.3, -0.25) is 4.98 Å². The van der Waals surface area contributed by atoms with Crippen LogP contribution in [0.1, 0.15) is 5.56 Å². The van der Waals surface area contributed by atoms with Crippen LogP contribution in [0.25, 0.3) is 22.0 Å². The predicted octanol–water partition coefficient (Wildman–Crippen LogP) is 3.87. The fourth-order valence-electron chi connectivity index (χ4n) is 2.85. The second kappa shape index (κ2) is 4.09. The van der Waals surface area contributed by atoms with Crippen molar-refractivity contribution in [2.45, 2.75) is 6.42 Å². The van der Waals surface area contributed by atoms with Gasteiger partial charge in [-0.05, 0) is 41.3 Å². The van der Waals surface area contributed by atoms with Gasteiger partial charge in [-0.25, -0.2) is 0 Å². The van der Waals surface area contributed by atoms with Crippen molar-refractivity contribution in [3.05, 3.63) is 60.3 Å². The number of fused-ring (bicyclic) bond motifs is 2. The maximum Gasteiger partial charge on any atom is 0.0708 e. The van der Waals surface area contributed by atoms with Crippen molar-refractivity contribution in [2.24, 2.45) is 0 Å². The van der Waals surface area contributed by atoms with Gasteiger partial charge in [-0.15, -0.1) is 0 Å². The zero-order chi connectivity index (χ0) is 12.7. The van der Waals surface area contributed by atoms with Crippen LogP contribution in [0.4, 0.5) is 5.69 Å². The number of pyridine rings is 1. The van der Waals surface area contributed by atoms with E-state index in [1.54, 1.807) is 0 Å². The molecule has 0 aliphatic carbocycles. The molecule has 0 atom stereocenters. The molecule has 0 fully saturated rings. The molecule has 4 rings (SSSR count). The van der Waals surface area contributed by atoms with Crippen molar-refractivity contribution in [1.29, 1.82) is 0 Å². The third-order valence-corrected chi connectivity index (χ3v) is 3.78. The smallest absolute Gasteiger partial charge is 0.0708 e. The van der Waals surface area contributed by atoms with Gasteiger partial charge in [-0.1, -0.05) is 30.3 Å². The lowest BCUT2D eigenvalue weighted by Crippen LogP contribution is -1.90. The average molecular weight is 246 g/mol. The van der Waals surface area contributed by atoms with E-state index in [1.165, 1.54) is 27.8 Å². The van der Waals surface area contributed by atoms with Crippen LogP contribution in [0.5, 0.6) is 0 Å². The van der Waals surface area contributed by atoms with Crippen LogP contribution in [-0.2, 0) is 6.42 Å². The van der Waals surface area contributed by atoms with Crippen molar-refractivity contribution in [3.63, 3.8) is 0 Å². The molecule has 0 unspecified atom stereocenters. The highest BCUT2D eigenvalue weighted by molar-refractivity contribution is 5.86. The maximum absolute atomic E-state index is 4.45. The fraction of sp³-hybridized carbons (Fsp3) is 0.118. The van der Waals surface area contributed by atoms with E-state index in [2.05, 4.69) is 52.8 Å². The van der Waals surface area contributed by atoms with Gasteiger partial charge < -0.3 is 5.32 Å². The molecule has 2 heterocycles. The summed E-state index contributed by atoms with van der Waals surface area (Å²) < 4.78 is 0. The highest BCUT2D eigenvalue weighted by atomic mass is 14.9. The average Bonchev–Trinajstić information content (AvgIpc) is 2.95. The first-order valence-electron chi connectivity index (χ1n) is 6.63. The molecule has 2 aromatic carbocycles. The summed E-state index contributed by atoms with van der Waals surface area (Å²) in [5.41, 5.74) is 6.35. The summed E-state index contributed by atoms with van der Waals surface area (Å²) in [6.07, 6.45) is 2.95. The lowest BCUT2D eigenvalue weighted by molar-refractivity contribution is 1.11. The lowest BCUT2D eigenvalue weighted by atomic mass is 9.97. The number of hydrogen-bond acceptors (Lipinski definition) is 2. The fourth-order valence-corrected chi connectivity index (χ4v) is 2.85. The van der Waals surface area contributed by atoms with E-state index in [-0.39, 0.29) is 0 Å². The summed E-state index contributed by atoms with van der Waals surface area (Å²) in [5, 5.41) is 4.62. The minimum absolute atomic E-state index is 1.04. The van der Waals surface area contributed by atoms with Gasteiger partial charge in [0.2, 0.25) is 0 Å². The molecule has 1 aromatic heterocycles. The second-order valence-corrected chi connectivity index (χ2v) is 4.92. The molecule has 19 heavy (non-hydrogen) atoms. The first kappa shape index (κ1) is 10.6. The minimum atomic E-state index is 1.04. The standard InChI is InChI=1S/C17H14N2/c1-4-14(15-8-10-19-16(15)5-1)13-7-6-12-3-2-9-18-17(12)11-13/h1-7,9,11,19H,8,10H2. The molecule has 2 heteroatoms. The van der Waals surface area contributed by atoms with Crippen LogP contribution < -0.4 is 5.32 Å². The first-order valence-corrected chi connectivity index (χ1v) is 6.63. The molecule has 0 radical (unpaired) electrons. The Balaban J connectivity index is 1.93. The largest absolute Gasteiger partial charge is 0.384 e. The Morgan fingerprint density at radius 1 is 1.00 bits per heavy atom. The Hall–Kier alpha value is -2.35. The summed E-state index contributed by atoms with van der Waals surface area (Å²) in [4.78, 5) is 4.45. The molecule has 0 saturated heterocycles. The number of anilines is 1. The van der Waals surface area contributed by atoms with Gasteiger partial charge in [0, 0.05) is 23.8 Å². The maximum atomic E-state index is 4.45. The number of benzene rings is 2. The Morgan fingerprint density at radius 2 is 2.00 bits per heavy atom. The summed E-state index contributed by atoms with van der Waals surface area (Å²) >= 11 is 0. The van der Waals surface area contributed by atoms with Gasteiger partial charge in [-0.2, -0.15) is 0 Å². The molecule has 92 valence electrons. The molecule has 1 aliphatic heterocycles. The van der Waals surface area contributed by atoms with E-state index >= 15 is 0 Å². The second-order valence-electron chi connectivity index (χ2n) is 4.92. The number of aromatic nitrogens is 1. The van der Waals surface area contributed by atoms with Crippen LogP contribution in [0.2, 0.25) is 0 Å². The van der Waals surface area contributed by atoms with Crippen LogP contribution in [0.3, 0.4) is 0 Å². The van der Waals surface area contributed by atoms with Crippen LogP contribution in [0.15, 0.2) is 54.7 Å². The van der Waals surface area contributed by atoms with Crippen LogP contribution >= 0.6 is 0 Å². The Labute approximate surface area is 112 Å². The molecule has 2 nitrogen and oxygen atoms in total. The summed E-state index contributed by atoms with van der Waals surface area (Å²) in [6.45, 7) is 1.04. The highest BCUT2D eigenvalue weighted by Gasteiger charge is 2.14. The van der Waals surface area contributed by atoms with Gasteiger partial charge in [0.1, 0.15) is 0 Å². The van der Waals surface area contributed by atoms with Crippen LogP contribution in [-0.4, -0.2) is 11.5 Å². The molecule has 0 amide bonds. The monoisotopic (exact) mass is 246 g/mol. The molecule has 1 N–H and O–H groups in total. The van der Waals surface area contributed by atoms with E-state index in [0.29, 0.717) is 0 Å². The SMILES string of the molecule is c1cc2c(c(-c3ccc4cccnc4c3)c1)CCN2. The van der Waals surface area contributed by atoms with Crippen molar-refractivity contribution in [1.82, 2.24) is 4.98 Å². The molecule has 1 aliphatic rings. The number of nitrogens with one attached hydrogen (secondary N) is 1. The molecule has 3 aromatic rings. The highest BCUT2D eigenvalue weighted by Crippen LogP contribution is 2.33. The topological polar surface area (TPSA) is 24.9 Å².